The van der Waals surface area contributed by atoms with Gasteiger partial charge < -0.3 is 14.8 Å². The molecule has 1 fully saturated rings. The number of nitrogens with zero attached hydrogens (tertiary/aromatic N) is 7. The average Bonchev–Trinajstić information content (AvgIpc) is 3.35. The molecule has 1 aliphatic carbocycles. The molecule has 0 radical (unpaired) electrons. The van der Waals surface area contributed by atoms with E-state index in [1.165, 1.54) is 17.1 Å². The lowest BCUT2D eigenvalue weighted by Crippen LogP contribution is -2.55. The van der Waals surface area contributed by atoms with Crippen molar-refractivity contribution in [3.8, 4) is 0 Å². The summed E-state index contributed by atoms with van der Waals surface area (Å²) >= 11 is 0. The SMILES string of the molecule is C[C@@H]1C(=O)N(c2ccn(C)c(=O)c2)c2cnc(Nc3cnc4[nH]ncc4c3)nc2N1C1CCCCC1. The third kappa shape index (κ3) is 3.76. The van der Waals surface area contributed by atoms with Crippen LogP contribution in [0.5, 0.6) is 0 Å². The molecule has 2 aliphatic rings. The number of amides is 1. The molecule has 2 N–H and O–H groups in total. The first-order valence-corrected chi connectivity index (χ1v) is 12.2. The van der Waals surface area contributed by atoms with Crippen LogP contribution in [0.25, 0.3) is 11.0 Å². The Balaban J connectivity index is 1.44. The van der Waals surface area contributed by atoms with Gasteiger partial charge in [0.05, 0.1) is 30.0 Å². The molecule has 1 aliphatic heterocycles. The third-order valence-corrected chi connectivity index (χ3v) is 7.09. The second-order valence-electron chi connectivity index (χ2n) is 9.44. The van der Waals surface area contributed by atoms with Gasteiger partial charge in [0, 0.05) is 30.7 Å². The maximum atomic E-state index is 13.7. The van der Waals surface area contributed by atoms with Crippen molar-refractivity contribution in [2.45, 2.75) is 51.1 Å². The molecule has 11 heteroatoms. The molecule has 6 rings (SSSR count). The minimum absolute atomic E-state index is 0.0970. The van der Waals surface area contributed by atoms with Crippen molar-refractivity contribution in [1.29, 1.82) is 0 Å². The lowest BCUT2D eigenvalue weighted by atomic mass is 9.92. The molecular formula is C25H27N9O2. The normalized spacial score (nSPS) is 18.5. The Morgan fingerprint density at radius 1 is 1.06 bits per heavy atom. The van der Waals surface area contributed by atoms with Crippen molar-refractivity contribution in [2.75, 3.05) is 15.1 Å². The number of fused-ring (bicyclic) bond motifs is 2. The van der Waals surface area contributed by atoms with Crippen molar-refractivity contribution in [3.63, 3.8) is 0 Å². The standard InChI is InChI=1S/C25H27N9O2/c1-15-24(36)34(19-8-9-32(2)21(35)11-19)20-14-27-25(29-17-10-16-12-28-31-22(16)26-13-17)30-23(20)33(15)18-6-4-3-5-7-18/h8-15,18H,3-7H2,1-2H3,(H,26,28,31)(H,27,29,30)/t15-/m1/s1. The Kier molecular flexibility index (Phi) is 5.39. The predicted octanol–water partition coefficient (Wildman–Crippen LogP) is 3.40. The van der Waals surface area contributed by atoms with Crippen LogP contribution in [0.1, 0.15) is 39.0 Å². The highest BCUT2D eigenvalue weighted by Crippen LogP contribution is 2.42. The zero-order valence-electron chi connectivity index (χ0n) is 20.2. The Labute approximate surface area is 207 Å². The first kappa shape index (κ1) is 22.2. The van der Waals surface area contributed by atoms with Crippen LogP contribution < -0.4 is 20.7 Å². The molecule has 1 saturated carbocycles. The van der Waals surface area contributed by atoms with Crippen molar-refractivity contribution in [2.24, 2.45) is 7.05 Å². The summed E-state index contributed by atoms with van der Waals surface area (Å²) in [6.07, 6.45) is 12.2. The Morgan fingerprint density at radius 3 is 2.69 bits per heavy atom. The van der Waals surface area contributed by atoms with Gasteiger partial charge in [-0.05, 0) is 31.9 Å². The summed E-state index contributed by atoms with van der Waals surface area (Å²) in [7, 11) is 1.68. The quantitative estimate of drug-likeness (QED) is 0.451. The van der Waals surface area contributed by atoms with Crippen molar-refractivity contribution in [1.82, 2.24) is 29.7 Å². The number of carbonyl (C=O) groups is 1. The zero-order chi connectivity index (χ0) is 24.8. The fourth-order valence-electron chi connectivity index (χ4n) is 5.21. The zero-order valence-corrected chi connectivity index (χ0v) is 20.2. The molecule has 0 aromatic carbocycles. The summed E-state index contributed by atoms with van der Waals surface area (Å²) in [5, 5.41) is 11.0. The molecule has 0 unspecified atom stereocenters. The predicted molar refractivity (Wildman–Crippen MR) is 137 cm³/mol. The number of rotatable bonds is 4. The summed E-state index contributed by atoms with van der Waals surface area (Å²) in [6, 6.07) is 4.95. The number of aromatic nitrogens is 6. The van der Waals surface area contributed by atoms with E-state index in [0.29, 0.717) is 28.8 Å². The minimum atomic E-state index is -0.434. The first-order valence-electron chi connectivity index (χ1n) is 12.2. The number of pyridine rings is 2. The van der Waals surface area contributed by atoms with E-state index in [2.05, 4.69) is 30.4 Å². The number of carbonyl (C=O) groups excluding carboxylic acids is 1. The van der Waals surface area contributed by atoms with Gasteiger partial charge in [-0.15, -0.1) is 0 Å². The number of hydrogen-bond acceptors (Lipinski definition) is 8. The lowest BCUT2D eigenvalue weighted by molar-refractivity contribution is -0.119. The molecule has 4 aromatic rings. The number of aryl methyl sites for hydroxylation is 1. The second kappa shape index (κ2) is 8.74. The van der Waals surface area contributed by atoms with E-state index < -0.39 is 6.04 Å². The highest BCUT2D eigenvalue weighted by atomic mass is 16.2. The van der Waals surface area contributed by atoms with Crippen LogP contribution in [0.15, 0.2) is 47.8 Å². The number of nitrogens with one attached hydrogen (secondary N) is 2. The van der Waals surface area contributed by atoms with E-state index in [1.54, 1.807) is 42.8 Å². The topological polar surface area (TPSA) is 125 Å². The van der Waals surface area contributed by atoms with Gasteiger partial charge in [-0.25, -0.2) is 9.97 Å². The van der Waals surface area contributed by atoms with Gasteiger partial charge in [-0.1, -0.05) is 19.3 Å². The fraction of sp³-hybridized carbons (Fsp3) is 0.360. The highest BCUT2D eigenvalue weighted by Gasteiger charge is 2.41. The van der Waals surface area contributed by atoms with Gasteiger partial charge in [-0.3, -0.25) is 19.6 Å². The van der Waals surface area contributed by atoms with E-state index in [1.807, 2.05) is 13.0 Å². The molecule has 0 spiro atoms. The van der Waals surface area contributed by atoms with E-state index in [4.69, 9.17) is 4.98 Å². The number of anilines is 5. The van der Waals surface area contributed by atoms with Crippen LogP contribution in [0, 0.1) is 0 Å². The van der Waals surface area contributed by atoms with Crippen LogP contribution in [0.3, 0.4) is 0 Å². The van der Waals surface area contributed by atoms with Gasteiger partial charge >= 0.3 is 0 Å². The molecule has 4 aromatic heterocycles. The molecule has 1 amide bonds. The summed E-state index contributed by atoms with van der Waals surface area (Å²) < 4.78 is 1.48. The summed E-state index contributed by atoms with van der Waals surface area (Å²) in [4.78, 5) is 43.6. The van der Waals surface area contributed by atoms with Gasteiger partial charge in [0.1, 0.15) is 11.7 Å². The van der Waals surface area contributed by atoms with Crippen LogP contribution in [0.2, 0.25) is 0 Å². The average molecular weight is 486 g/mol. The summed E-state index contributed by atoms with van der Waals surface area (Å²) in [5.41, 5.74) is 2.33. The molecular weight excluding hydrogens is 458 g/mol. The highest BCUT2D eigenvalue weighted by molar-refractivity contribution is 6.09. The molecule has 0 saturated heterocycles. The first-order chi connectivity index (χ1) is 17.5. The van der Waals surface area contributed by atoms with Gasteiger partial charge in [0.2, 0.25) is 5.95 Å². The maximum absolute atomic E-state index is 13.7. The van der Waals surface area contributed by atoms with E-state index in [9.17, 15) is 9.59 Å². The summed E-state index contributed by atoms with van der Waals surface area (Å²) in [6.45, 7) is 1.92. The number of hydrogen-bond donors (Lipinski definition) is 2. The molecule has 1 atom stereocenters. The van der Waals surface area contributed by atoms with Crippen LogP contribution in [-0.2, 0) is 11.8 Å². The molecule has 0 bridgehead atoms. The molecule has 5 heterocycles. The van der Waals surface area contributed by atoms with Gasteiger partial charge in [-0.2, -0.15) is 10.1 Å². The fourth-order valence-corrected chi connectivity index (χ4v) is 5.21. The third-order valence-electron chi connectivity index (χ3n) is 7.09. The van der Waals surface area contributed by atoms with Crippen molar-refractivity contribution >= 4 is 45.8 Å². The van der Waals surface area contributed by atoms with Crippen LogP contribution in [-0.4, -0.2) is 47.7 Å². The second-order valence-corrected chi connectivity index (χ2v) is 9.44. The maximum Gasteiger partial charge on any atom is 0.254 e. The van der Waals surface area contributed by atoms with Crippen LogP contribution >= 0.6 is 0 Å². The summed E-state index contributed by atoms with van der Waals surface area (Å²) in [5.74, 6) is 0.995. The van der Waals surface area contributed by atoms with E-state index >= 15 is 0 Å². The molecule has 184 valence electrons. The van der Waals surface area contributed by atoms with Gasteiger partial charge in [0.25, 0.3) is 11.5 Å². The molecule has 11 nitrogen and oxygen atoms in total. The van der Waals surface area contributed by atoms with E-state index in [-0.39, 0.29) is 17.5 Å². The van der Waals surface area contributed by atoms with Gasteiger partial charge in [0.15, 0.2) is 11.5 Å². The Hall–Kier alpha value is -4.28. The lowest BCUT2D eigenvalue weighted by Gasteiger charge is -2.45. The van der Waals surface area contributed by atoms with Crippen molar-refractivity contribution in [3.05, 3.63) is 53.3 Å². The Bertz CT molecular complexity index is 1500. The smallest absolute Gasteiger partial charge is 0.254 e. The van der Waals surface area contributed by atoms with Crippen molar-refractivity contribution < 1.29 is 4.79 Å². The number of aromatic amines is 1. The minimum Gasteiger partial charge on any atom is -0.340 e. The van der Waals surface area contributed by atoms with Crippen LogP contribution in [0.4, 0.5) is 28.8 Å². The largest absolute Gasteiger partial charge is 0.340 e. The van der Waals surface area contributed by atoms with E-state index in [0.717, 1.165) is 36.8 Å². The molecule has 36 heavy (non-hydrogen) atoms. The monoisotopic (exact) mass is 485 g/mol. The number of H-pyrrole nitrogens is 1. The Morgan fingerprint density at radius 2 is 1.89 bits per heavy atom.